The molecular formula is C36H70O5. The average molecular weight is 583 g/mol. The Labute approximate surface area is 255 Å². The van der Waals surface area contributed by atoms with E-state index >= 15 is 0 Å². The van der Waals surface area contributed by atoms with Crippen LogP contribution < -0.4 is 0 Å². The van der Waals surface area contributed by atoms with Gasteiger partial charge in [0.1, 0.15) is 6.61 Å². The Kier molecular flexibility index (Phi) is 31.0. The highest BCUT2D eigenvalue weighted by Gasteiger charge is 2.16. The summed E-state index contributed by atoms with van der Waals surface area (Å²) in [6, 6.07) is 0. The predicted molar refractivity (Wildman–Crippen MR) is 173 cm³/mol. The number of hydrogen-bond acceptors (Lipinski definition) is 5. The number of aliphatic hydroxyl groups excluding tert-OH is 1. The van der Waals surface area contributed by atoms with Crippen molar-refractivity contribution in [3.63, 3.8) is 0 Å². The Balaban J connectivity index is 3.49. The second kappa shape index (κ2) is 31.8. The molecule has 0 fully saturated rings. The average Bonchev–Trinajstić information content (AvgIpc) is 2.97. The van der Waals surface area contributed by atoms with Crippen molar-refractivity contribution in [2.45, 2.75) is 200 Å². The highest BCUT2D eigenvalue weighted by molar-refractivity contribution is 5.70. The van der Waals surface area contributed by atoms with Gasteiger partial charge in [0.15, 0.2) is 6.10 Å². The molecule has 0 spiro atoms. The van der Waals surface area contributed by atoms with Crippen LogP contribution in [0.5, 0.6) is 0 Å². The SMILES string of the molecule is CCCCCCCCCCCC(=O)O[C@@H](CO)COC(=O)CCCCCCCCCCCCCCCCC(C)CC. The molecule has 2 atom stereocenters. The molecule has 5 nitrogen and oxygen atoms in total. The molecule has 1 N–H and O–H groups in total. The van der Waals surface area contributed by atoms with Crippen molar-refractivity contribution in [3.05, 3.63) is 0 Å². The van der Waals surface area contributed by atoms with Gasteiger partial charge in [-0.2, -0.15) is 0 Å². The smallest absolute Gasteiger partial charge is 0.306 e. The van der Waals surface area contributed by atoms with Crippen LogP contribution in [0.2, 0.25) is 0 Å². The number of carbonyl (C=O) groups is 2. The second-order valence-corrected chi connectivity index (χ2v) is 12.6. The van der Waals surface area contributed by atoms with Gasteiger partial charge in [-0.1, -0.05) is 168 Å². The minimum atomic E-state index is -0.760. The van der Waals surface area contributed by atoms with Crippen LogP contribution in [-0.2, 0) is 19.1 Å². The molecule has 0 aliphatic heterocycles. The first-order valence-corrected chi connectivity index (χ1v) is 18.0. The molecule has 0 saturated heterocycles. The fraction of sp³-hybridized carbons (Fsp3) is 0.944. The molecule has 0 aliphatic rings. The van der Waals surface area contributed by atoms with Gasteiger partial charge in [0.2, 0.25) is 0 Å². The molecule has 0 amide bonds. The highest BCUT2D eigenvalue weighted by Crippen LogP contribution is 2.16. The van der Waals surface area contributed by atoms with Crippen molar-refractivity contribution in [2.24, 2.45) is 5.92 Å². The number of aliphatic hydroxyl groups is 1. The molecule has 5 heteroatoms. The van der Waals surface area contributed by atoms with E-state index in [4.69, 9.17) is 9.47 Å². The van der Waals surface area contributed by atoms with Crippen molar-refractivity contribution in [3.8, 4) is 0 Å². The predicted octanol–water partition coefficient (Wildman–Crippen LogP) is 10.6. The van der Waals surface area contributed by atoms with E-state index < -0.39 is 6.10 Å². The van der Waals surface area contributed by atoms with E-state index in [9.17, 15) is 14.7 Å². The van der Waals surface area contributed by atoms with E-state index in [0.717, 1.165) is 38.0 Å². The van der Waals surface area contributed by atoms with Crippen LogP contribution in [0.15, 0.2) is 0 Å². The molecule has 0 aromatic rings. The van der Waals surface area contributed by atoms with E-state index in [0.29, 0.717) is 12.8 Å². The number of ether oxygens (including phenoxy) is 2. The van der Waals surface area contributed by atoms with Crippen LogP contribution in [0.1, 0.15) is 194 Å². The van der Waals surface area contributed by atoms with E-state index in [1.807, 2.05) is 0 Å². The molecule has 0 aromatic carbocycles. The maximum Gasteiger partial charge on any atom is 0.306 e. The summed E-state index contributed by atoms with van der Waals surface area (Å²) in [5.41, 5.74) is 0. The monoisotopic (exact) mass is 583 g/mol. The third-order valence-corrected chi connectivity index (χ3v) is 8.44. The first kappa shape index (κ1) is 39.9. The van der Waals surface area contributed by atoms with Gasteiger partial charge in [0, 0.05) is 12.8 Å². The Bertz CT molecular complexity index is 564. The summed E-state index contributed by atoms with van der Waals surface area (Å²) < 4.78 is 10.5. The lowest BCUT2D eigenvalue weighted by Crippen LogP contribution is -2.28. The van der Waals surface area contributed by atoms with Gasteiger partial charge in [0.25, 0.3) is 0 Å². The van der Waals surface area contributed by atoms with Crippen LogP contribution in [0.3, 0.4) is 0 Å². The fourth-order valence-corrected chi connectivity index (χ4v) is 5.29. The maximum absolute atomic E-state index is 12.0. The second-order valence-electron chi connectivity index (χ2n) is 12.6. The molecule has 0 rings (SSSR count). The third-order valence-electron chi connectivity index (χ3n) is 8.44. The third kappa shape index (κ3) is 30.2. The Hall–Kier alpha value is -1.10. The van der Waals surface area contributed by atoms with E-state index in [2.05, 4.69) is 20.8 Å². The normalized spacial score (nSPS) is 12.8. The van der Waals surface area contributed by atoms with Crippen LogP contribution in [0.4, 0.5) is 0 Å². The summed E-state index contributed by atoms with van der Waals surface area (Å²) in [7, 11) is 0. The molecule has 244 valence electrons. The Morgan fingerprint density at radius 3 is 1.37 bits per heavy atom. The minimum Gasteiger partial charge on any atom is -0.462 e. The van der Waals surface area contributed by atoms with Crippen LogP contribution in [-0.4, -0.2) is 36.4 Å². The lowest BCUT2D eigenvalue weighted by atomic mass is 9.99. The van der Waals surface area contributed by atoms with Crippen LogP contribution >= 0.6 is 0 Å². The van der Waals surface area contributed by atoms with Crippen LogP contribution in [0.25, 0.3) is 0 Å². The number of carbonyl (C=O) groups excluding carboxylic acids is 2. The summed E-state index contributed by atoms with van der Waals surface area (Å²) in [6.07, 6.45) is 31.6. The molecule has 0 bridgehead atoms. The first-order valence-electron chi connectivity index (χ1n) is 18.0. The van der Waals surface area contributed by atoms with Crippen molar-refractivity contribution in [1.29, 1.82) is 0 Å². The van der Waals surface area contributed by atoms with Crippen molar-refractivity contribution < 1.29 is 24.2 Å². The zero-order valence-electron chi connectivity index (χ0n) is 27.7. The molecule has 0 aliphatic carbocycles. The Morgan fingerprint density at radius 2 is 0.951 bits per heavy atom. The van der Waals surface area contributed by atoms with Gasteiger partial charge in [-0.15, -0.1) is 0 Å². The van der Waals surface area contributed by atoms with Gasteiger partial charge in [-0.3, -0.25) is 9.59 Å². The summed E-state index contributed by atoms with van der Waals surface area (Å²) in [6.45, 7) is 6.51. The molecule has 0 radical (unpaired) electrons. The zero-order valence-corrected chi connectivity index (χ0v) is 27.7. The van der Waals surface area contributed by atoms with Gasteiger partial charge >= 0.3 is 11.9 Å². The number of hydrogen-bond donors (Lipinski definition) is 1. The molecule has 41 heavy (non-hydrogen) atoms. The van der Waals surface area contributed by atoms with E-state index in [1.165, 1.54) is 128 Å². The van der Waals surface area contributed by atoms with Crippen molar-refractivity contribution in [1.82, 2.24) is 0 Å². The van der Waals surface area contributed by atoms with Gasteiger partial charge in [-0.05, 0) is 18.8 Å². The van der Waals surface area contributed by atoms with Crippen molar-refractivity contribution >= 4 is 11.9 Å². The summed E-state index contributed by atoms with van der Waals surface area (Å²) in [4.78, 5) is 24.1. The van der Waals surface area contributed by atoms with Crippen molar-refractivity contribution in [2.75, 3.05) is 13.2 Å². The van der Waals surface area contributed by atoms with E-state index in [-0.39, 0.29) is 25.2 Å². The lowest BCUT2D eigenvalue weighted by Gasteiger charge is -2.15. The lowest BCUT2D eigenvalue weighted by molar-refractivity contribution is -0.161. The standard InChI is InChI=1S/C36H70O5/c1-4-6-7-8-9-16-21-24-27-30-36(39)41-34(31-37)32-40-35(38)29-26-23-20-18-15-13-11-10-12-14-17-19-22-25-28-33(3)5-2/h33-34,37H,4-32H2,1-3H3/t33?,34-/m0/s1. The zero-order chi connectivity index (χ0) is 30.2. The van der Waals surface area contributed by atoms with Gasteiger partial charge in [-0.25, -0.2) is 0 Å². The maximum atomic E-state index is 12.0. The van der Waals surface area contributed by atoms with E-state index in [1.54, 1.807) is 0 Å². The minimum absolute atomic E-state index is 0.0585. The Morgan fingerprint density at radius 1 is 0.561 bits per heavy atom. The first-order chi connectivity index (χ1) is 20.0. The van der Waals surface area contributed by atoms with Gasteiger partial charge < -0.3 is 14.6 Å². The molecule has 0 saturated carbocycles. The number of rotatable bonds is 32. The fourth-order valence-electron chi connectivity index (χ4n) is 5.29. The van der Waals surface area contributed by atoms with Crippen LogP contribution in [0, 0.1) is 5.92 Å². The molecule has 1 unspecified atom stereocenters. The molecule has 0 heterocycles. The summed E-state index contributed by atoms with van der Waals surface area (Å²) in [5.74, 6) is 0.320. The summed E-state index contributed by atoms with van der Waals surface area (Å²) >= 11 is 0. The summed E-state index contributed by atoms with van der Waals surface area (Å²) in [5, 5.41) is 9.49. The van der Waals surface area contributed by atoms with Gasteiger partial charge in [0.05, 0.1) is 6.61 Å². The molecule has 0 aromatic heterocycles. The largest absolute Gasteiger partial charge is 0.462 e. The number of unbranched alkanes of at least 4 members (excludes halogenated alkanes) is 21. The molecular weight excluding hydrogens is 512 g/mol. The number of esters is 2. The quantitative estimate of drug-likeness (QED) is 0.0631. The topological polar surface area (TPSA) is 72.8 Å². The highest BCUT2D eigenvalue weighted by atomic mass is 16.6.